The molecule has 0 aromatic carbocycles. The Morgan fingerprint density at radius 1 is 1.67 bits per heavy atom. The van der Waals surface area contributed by atoms with Crippen molar-refractivity contribution >= 4 is 5.97 Å². The molecule has 0 fully saturated rings. The van der Waals surface area contributed by atoms with E-state index < -0.39 is 5.97 Å². The molecule has 2 aliphatic heterocycles. The first-order valence-corrected chi connectivity index (χ1v) is 3.64. The summed E-state index contributed by atoms with van der Waals surface area (Å²) in [6.45, 7) is 0.685. The average molecular weight is 164 g/mol. The molecular weight excluding hydrogens is 156 g/mol. The lowest BCUT2D eigenvalue weighted by Crippen LogP contribution is -2.29. The van der Waals surface area contributed by atoms with Gasteiger partial charge in [-0.1, -0.05) is 0 Å². The van der Waals surface area contributed by atoms with E-state index in [-0.39, 0.29) is 0 Å². The molecule has 62 valence electrons. The fourth-order valence-electron chi connectivity index (χ4n) is 1.29. The Morgan fingerprint density at radius 3 is 3.25 bits per heavy atom. The Kier molecular flexibility index (Phi) is 1.48. The largest absolute Gasteiger partial charge is 0.478 e. The number of carbonyl (C=O) groups is 1. The zero-order valence-electron chi connectivity index (χ0n) is 6.32. The van der Waals surface area contributed by atoms with Gasteiger partial charge in [0.2, 0.25) is 0 Å². The summed E-state index contributed by atoms with van der Waals surface area (Å²) in [7, 11) is 0. The summed E-state index contributed by atoms with van der Waals surface area (Å²) in [5.41, 5.74) is 4.06. The number of carboxylic acids is 1. The van der Waals surface area contributed by atoms with Crippen molar-refractivity contribution in [3.05, 3.63) is 35.7 Å². The zero-order chi connectivity index (χ0) is 8.55. The Bertz CT molecular complexity index is 315. The van der Waals surface area contributed by atoms with Gasteiger partial charge in [-0.05, 0) is 18.2 Å². The Balaban J connectivity index is 2.38. The van der Waals surface area contributed by atoms with Gasteiger partial charge in [0.05, 0.1) is 11.3 Å². The highest BCUT2D eigenvalue weighted by Crippen LogP contribution is 2.21. The molecule has 2 heterocycles. The van der Waals surface area contributed by atoms with E-state index in [1.807, 2.05) is 6.08 Å². The second-order valence-corrected chi connectivity index (χ2v) is 2.55. The molecule has 0 aromatic rings. The van der Waals surface area contributed by atoms with Crippen LogP contribution in [0.3, 0.4) is 0 Å². The highest BCUT2D eigenvalue weighted by molar-refractivity contribution is 5.92. The van der Waals surface area contributed by atoms with Gasteiger partial charge >= 0.3 is 5.97 Å². The lowest BCUT2D eigenvalue weighted by Gasteiger charge is -2.20. The summed E-state index contributed by atoms with van der Waals surface area (Å²) in [5, 5.41) is 10.5. The topological polar surface area (TPSA) is 52.6 Å². The van der Waals surface area contributed by atoms with E-state index in [0.29, 0.717) is 12.1 Å². The number of allylic oxidation sites excluding steroid dienone is 2. The quantitative estimate of drug-likeness (QED) is 0.582. The van der Waals surface area contributed by atoms with Crippen LogP contribution in [0.1, 0.15) is 0 Å². The number of hydrogen-bond acceptors (Lipinski definition) is 3. The molecule has 0 bridgehead atoms. The number of fused-ring (bicyclic) bond motifs is 1. The third kappa shape index (κ3) is 0.931. The van der Waals surface area contributed by atoms with Crippen molar-refractivity contribution in [2.24, 2.45) is 0 Å². The lowest BCUT2D eigenvalue weighted by atomic mass is 10.1. The molecule has 2 rings (SSSR count). The van der Waals surface area contributed by atoms with Crippen LogP contribution in [-0.4, -0.2) is 22.6 Å². The van der Waals surface area contributed by atoms with Crippen LogP contribution in [0.2, 0.25) is 0 Å². The molecule has 4 heteroatoms. The van der Waals surface area contributed by atoms with Crippen LogP contribution in [0.15, 0.2) is 35.7 Å². The molecule has 0 saturated carbocycles. The summed E-state index contributed by atoms with van der Waals surface area (Å²) in [6, 6.07) is 0. The van der Waals surface area contributed by atoms with Gasteiger partial charge in [-0.2, -0.15) is 0 Å². The second kappa shape index (κ2) is 2.49. The number of hydrazine groups is 1. The third-order valence-corrected chi connectivity index (χ3v) is 1.82. The number of rotatable bonds is 1. The molecule has 0 aliphatic carbocycles. The first-order chi connectivity index (χ1) is 5.79. The molecule has 12 heavy (non-hydrogen) atoms. The van der Waals surface area contributed by atoms with E-state index >= 15 is 0 Å². The monoisotopic (exact) mass is 164 g/mol. The Morgan fingerprint density at radius 2 is 2.50 bits per heavy atom. The van der Waals surface area contributed by atoms with Gasteiger partial charge in [-0.15, -0.1) is 0 Å². The summed E-state index contributed by atoms with van der Waals surface area (Å²) in [6.07, 6.45) is 6.95. The first kappa shape index (κ1) is 7.12. The van der Waals surface area contributed by atoms with Crippen LogP contribution in [-0.2, 0) is 4.79 Å². The third-order valence-electron chi connectivity index (χ3n) is 1.82. The van der Waals surface area contributed by atoms with E-state index in [2.05, 4.69) is 5.43 Å². The molecule has 0 saturated heterocycles. The minimum Gasteiger partial charge on any atom is -0.478 e. The van der Waals surface area contributed by atoms with Gasteiger partial charge in [0.25, 0.3) is 0 Å². The fourth-order valence-corrected chi connectivity index (χ4v) is 1.29. The van der Waals surface area contributed by atoms with Crippen LogP contribution in [0.5, 0.6) is 0 Å². The fraction of sp³-hybridized carbons (Fsp3) is 0.125. The van der Waals surface area contributed by atoms with Gasteiger partial charge in [0, 0.05) is 12.7 Å². The van der Waals surface area contributed by atoms with E-state index in [1.165, 1.54) is 0 Å². The molecule has 2 N–H and O–H groups in total. The number of nitrogens with one attached hydrogen (secondary N) is 1. The van der Waals surface area contributed by atoms with Crippen molar-refractivity contribution in [1.29, 1.82) is 0 Å². The number of aliphatic carboxylic acids is 1. The number of nitrogens with zero attached hydrogens (tertiary/aromatic N) is 1. The highest BCUT2D eigenvalue weighted by Gasteiger charge is 2.22. The van der Waals surface area contributed by atoms with Gasteiger partial charge in [-0.3, -0.25) is 5.01 Å². The molecule has 0 amide bonds. The van der Waals surface area contributed by atoms with Crippen molar-refractivity contribution < 1.29 is 9.90 Å². The minimum absolute atomic E-state index is 0.336. The minimum atomic E-state index is -0.890. The van der Waals surface area contributed by atoms with E-state index in [9.17, 15) is 4.79 Å². The van der Waals surface area contributed by atoms with Crippen LogP contribution < -0.4 is 5.43 Å². The van der Waals surface area contributed by atoms with Crippen LogP contribution in [0.4, 0.5) is 0 Å². The van der Waals surface area contributed by atoms with Gasteiger partial charge in [-0.25, -0.2) is 10.2 Å². The molecule has 2 aliphatic rings. The Labute approximate surface area is 69.4 Å². The highest BCUT2D eigenvalue weighted by atomic mass is 16.4. The van der Waals surface area contributed by atoms with Crippen molar-refractivity contribution in [1.82, 2.24) is 10.4 Å². The van der Waals surface area contributed by atoms with Crippen molar-refractivity contribution in [2.45, 2.75) is 0 Å². The maximum atomic E-state index is 10.7. The number of hydrogen-bond donors (Lipinski definition) is 2. The molecule has 0 unspecified atom stereocenters. The SMILES string of the molecule is O=C(O)C1=CC=CN2NCC=C12. The smallest absolute Gasteiger partial charge is 0.337 e. The van der Waals surface area contributed by atoms with Gasteiger partial charge in [0.1, 0.15) is 0 Å². The second-order valence-electron chi connectivity index (χ2n) is 2.55. The summed E-state index contributed by atoms with van der Waals surface area (Å²) in [5.74, 6) is -0.890. The molecule has 0 radical (unpaired) electrons. The summed E-state index contributed by atoms with van der Waals surface area (Å²) >= 11 is 0. The van der Waals surface area contributed by atoms with Crippen molar-refractivity contribution in [2.75, 3.05) is 6.54 Å². The average Bonchev–Trinajstić information content (AvgIpc) is 2.49. The van der Waals surface area contributed by atoms with Crippen molar-refractivity contribution in [3.63, 3.8) is 0 Å². The normalized spacial score (nSPS) is 20.2. The Hall–Kier alpha value is -1.55. The van der Waals surface area contributed by atoms with Crippen LogP contribution >= 0.6 is 0 Å². The van der Waals surface area contributed by atoms with E-state index in [1.54, 1.807) is 23.4 Å². The van der Waals surface area contributed by atoms with Gasteiger partial charge in [0.15, 0.2) is 0 Å². The van der Waals surface area contributed by atoms with E-state index in [0.717, 1.165) is 5.70 Å². The maximum Gasteiger partial charge on any atom is 0.337 e. The molecular formula is C8H8N2O2. The van der Waals surface area contributed by atoms with Crippen molar-refractivity contribution in [3.8, 4) is 0 Å². The predicted molar refractivity (Wildman–Crippen MR) is 42.8 cm³/mol. The predicted octanol–water partition coefficient (Wildman–Crippen LogP) is 0.229. The van der Waals surface area contributed by atoms with Gasteiger partial charge < -0.3 is 5.11 Å². The zero-order valence-corrected chi connectivity index (χ0v) is 6.32. The molecule has 0 spiro atoms. The number of carboxylic acid groups (broad SMARTS) is 1. The molecule has 0 aromatic heterocycles. The first-order valence-electron chi connectivity index (χ1n) is 3.64. The van der Waals surface area contributed by atoms with E-state index in [4.69, 9.17) is 5.11 Å². The maximum absolute atomic E-state index is 10.7. The summed E-state index contributed by atoms with van der Waals surface area (Å²) in [4.78, 5) is 10.7. The molecule has 0 atom stereocenters. The lowest BCUT2D eigenvalue weighted by molar-refractivity contribution is -0.132. The van der Waals surface area contributed by atoms with Crippen LogP contribution in [0.25, 0.3) is 0 Å². The summed E-state index contributed by atoms with van der Waals surface area (Å²) < 4.78 is 0. The van der Waals surface area contributed by atoms with Crippen LogP contribution in [0, 0.1) is 0 Å². The standard InChI is InChI=1S/C8H8N2O2/c11-8(12)6-2-1-5-10-7(6)3-4-9-10/h1-3,5,9H,4H2,(H,11,12). The molecule has 4 nitrogen and oxygen atoms in total.